The molecule has 0 bridgehead atoms. The highest BCUT2D eigenvalue weighted by Crippen LogP contribution is 1.99. The summed E-state index contributed by atoms with van der Waals surface area (Å²) in [5.41, 5.74) is 7.45. The molecule has 4 heteroatoms. The summed E-state index contributed by atoms with van der Waals surface area (Å²) in [7, 11) is 0. The van der Waals surface area contributed by atoms with Gasteiger partial charge in [-0.05, 0) is 19.1 Å². The highest BCUT2D eigenvalue weighted by atomic mass is 15.1. The van der Waals surface area contributed by atoms with Crippen molar-refractivity contribution in [1.29, 1.82) is 0 Å². The lowest BCUT2D eigenvalue weighted by molar-refractivity contribution is 0.832. The predicted octanol–water partition coefficient (Wildman–Crippen LogP) is 1.30. The molecule has 1 rings (SSSR count). The van der Waals surface area contributed by atoms with Crippen LogP contribution in [0.1, 0.15) is 25.2 Å². The number of aliphatic imine (C=N–C) groups is 1. The molecule has 0 aliphatic rings. The van der Waals surface area contributed by atoms with E-state index >= 15 is 0 Å². The van der Waals surface area contributed by atoms with E-state index in [9.17, 15) is 0 Å². The molecule has 0 saturated heterocycles. The molecule has 0 radical (unpaired) electrons. The number of rotatable bonds is 3. The Balaban J connectivity index is 2.62. The van der Waals surface area contributed by atoms with Gasteiger partial charge in [0.05, 0.1) is 23.8 Å². The van der Waals surface area contributed by atoms with Crippen molar-refractivity contribution in [2.45, 2.75) is 27.3 Å². The average Bonchev–Trinajstić information content (AvgIpc) is 2.16. The standard InChI is InChI=1S/C10H16N4/c1-7(2)10(11)12-6-9-5-4-8(3)13-14-9/h4-5,7H,6H2,1-3H3,(H2,11,12). The monoisotopic (exact) mass is 192 g/mol. The van der Waals surface area contributed by atoms with Crippen molar-refractivity contribution in [1.82, 2.24) is 10.2 Å². The minimum Gasteiger partial charge on any atom is -0.387 e. The first-order valence-corrected chi connectivity index (χ1v) is 4.68. The van der Waals surface area contributed by atoms with Crippen molar-refractivity contribution in [3.8, 4) is 0 Å². The molecule has 0 saturated carbocycles. The van der Waals surface area contributed by atoms with Gasteiger partial charge in [-0.15, -0.1) is 0 Å². The van der Waals surface area contributed by atoms with Crippen LogP contribution < -0.4 is 5.73 Å². The summed E-state index contributed by atoms with van der Waals surface area (Å²) in [6, 6.07) is 3.84. The van der Waals surface area contributed by atoms with E-state index in [2.05, 4.69) is 15.2 Å². The summed E-state index contributed by atoms with van der Waals surface area (Å²) in [5, 5.41) is 7.94. The number of aromatic nitrogens is 2. The number of hydrogen-bond donors (Lipinski definition) is 1. The first-order chi connectivity index (χ1) is 6.59. The van der Waals surface area contributed by atoms with Crippen molar-refractivity contribution in [3.05, 3.63) is 23.5 Å². The molecule has 0 aliphatic carbocycles. The largest absolute Gasteiger partial charge is 0.387 e. The van der Waals surface area contributed by atoms with Gasteiger partial charge in [0.1, 0.15) is 0 Å². The molecule has 0 spiro atoms. The maximum absolute atomic E-state index is 5.70. The molecule has 1 heterocycles. The Labute approximate surface area is 84.3 Å². The summed E-state index contributed by atoms with van der Waals surface area (Å²) in [5.74, 6) is 0.945. The van der Waals surface area contributed by atoms with Gasteiger partial charge < -0.3 is 5.73 Å². The fourth-order valence-electron chi connectivity index (χ4n) is 0.866. The van der Waals surface area contributed by atoms with Gasteiger partial charge in [0.25, 0.3) is 0 Å². The van der Waals surface area contributed by atoms with E-state index in [-0.39, 0.29) is 5.92 Å². The summed E-state index contributed by atoms with van der Waals surface area (Å²) in [6.45, 7) is 6.44. The Morgan fingerprint density at radius 2 is 2.14 bits per heavy atom. The van der Waals surface area contributed by atoms with E-state index in [1.807, 2.05) is 32.9 Å². The highest BCUT2D eigenvalue weighted by molar-refractivity contribution is 5.82. The van der Waals surface area contributed by atoms with Gasteiger partial charge in [0, 0.05) is 5.92 Å². The Morgan fingerprint density at radius 3 is 2.64 bits per heavy atom. The van der Waals surface area contributed by atoms with Gasteiger partial charge in [0.15, 0.2) is 0 Å². The van der Waals surface area contributed by atoms with Gasteiger partial charge in [-0.2, -0.15) is 10.2 Å². The summed E-state index contributed by atoms with van der Waals surface area (Å²) in [4.78, 5) is 4.22. The third kappa shape index (κ3) is 3.12. The van der Waals surface area contributed by atoms with E-state index in [1.165, 1.54) is 0 Å². The van der Waals surface area contributed by atoms with Crippen LogP contribution in [0.5, 0.6) is 0 Å². The Kier molecular flexibility index (Phi) is 3.56. The highest BCUT2D eigenvalue weighted by Gasteiger charge is 1.99. The smallest absolute Gasteiger partial charge is 0.0967 e. The number of hydrogen-bond acceptors (Lipinski definition) is 3. The zero-order valence-electron chi connectivity index (χ0n) is 8.86. The maximum Gasteiger partial charge on any atom is 0.0967 e. The molecule has 0 aromatic carbocycles. The predicted molar refractivity (Wildman–Crippen MR) is 56.9 cm³/mol. The molecule has 2 N–H and O–H groups in total. The molecule has 76 valence electrons. The second-order valence-corrected chi connectivity index (χ2v) is 3.56. The zero-order chi connectivity index (χ0) is 10.6. The average molecular weight is 192 g/mol. The minimum absolute atomic E-state index is 0.286. The van der Waals surface area contributed by atoms with E-state index < -0.39 is 0 Å². The molecule has 0 aliphatic heterocycles. The van der Waals surface area contributed by atoms with Crippen LogP contribution in [0.25, 0.3) is 0 Å². The van der Waals surface area contributed by atoms with E-state index in [1.54, 1.807) is 0 Å². The third-order valence-corrected chi connectivity index (χ3v) is 1.87. The van der Waals surface area contributed by atoms with Crippen molar-refractivity contribution in [2.75, 3.05) is 0 Å². The number of nitrogens with two attached hydrogens (primary N) is 1. The maximum atomic E-state index is 5.70. The van der Waals surface area contributed by atoms with Crippen LogP contribution in [-0.4, -0.2) is 16.0 Å². The summed E-state index contributed by atoms with van der Waals surface area (Å²) >= 11 is 0. The number of nitrogens with zero attached hydrogens (tertiary/aromatic N) is 3. The molecule has 1 aromatic heterocycles. The lowest BCUT2D eigenvalue weighted by Crippen LogP contribution is -2.18. The fraction of sp³-hybridized carbons (Fsp3) is 0.500. The minimum atomic E-state index is 0.286. The van der Waals surface area contributed by atoms with Crippen LogP contribution in [-0.2, 0) is 6.54 Å². The molecule has 0 amide bonds. The van der Waals surface area contributed by atoms with Gasteiger partial charge in [-0.1, -0.05) is 13.8 Å². The Bertz CT molecular complexity index is 313. The zero-order valence-corrected chi connectivity index (χ0v) is 8.86. The third-order valence-electron chi connectivity index (χ3n) is 1.87. The Morgan fingerprint density at radius 1 is 1.43 bits per heavy atom. The second-order valence-electron chi connectivity index (χ2n) is 3.56. The van der Waals surface area contributed by atoms with Crippen molar-refractivity contribution in [2.24, 2.45) is 16.6 Å². The van der Waals surface area contributed by atoms with Crippen LogP contribution in [0.3, 0.4) is 0 Å². The lowest BCUT2D eigenvalue weighted by Gasteiger charge is -2.03. The van der Waals surface area contributed by atoms with Crippen LogP contribution in [0.4, 0.5) is 0 Å². The number of amidine groups is 1. The van der Waals surface area contributed by atoms with Gasteiger partial charge in [0.2, 0.25) is 0 Å². The van der Waals surface area contributed by atoms with Crippen LogP contribution in [0, 0.1) is 12.8 Å². The first-order valence-electron chi connectivity index (χ1n) is 4.68. The molecule has 4 nitrogen and oxygen atoms in total. The SMILES string of the molecule is Cc1ccc(CN=C(N)C(C)C)nn1. The summed E-state index contributed by atoms with van der Waals surface area (Å²) < 4.78 is 0. The molecular weight excluding hydrogens is 176 g/mol. The van der Waals surface area contributed by atoms with Crippen LogP contribution in [0.2, 0.25) is 0 Å². The molecular formula is C10H16N4. The molecule has 0 unspecified atom stereocenters. The van der Waals surface area contributed by atoms with Gasteiger partial charge in [-0.25, -0.2) is 0 Å². The van der Waals surface area contributed by atoms with Crippen LogP contribution in [0.15, 0.2) is 17.1 Å². The van der Waals surface area contributed by atoms with Crippen molar-refractivity contribution in [3.63, 3.8) is 0 Å². The molecule has 14 heavy (non-hydrogen) atoms. The fourth-order valence-corrected chi connectivity index (χ4v) is 0.866. The van der Waals surface area contributed by atoms with Crippen molar-refractivity contribution >= 4 is 5.84 Å². The van der Waals surface area contributed by atoms with E-state index in [0.29, 0.717) is 12.4 Å². The van der Waals surface area contributed by atoms with Gasteiger partial charge >= 0.3 is 0 Å². The van der Waals surface area contributed by atoms with Crippen LogP contribution >= 0.6 is 0 Å². The topological polar surface area (TPSA) is 64.2 Å². The van der Waals surface area contributed by atoms with Crippen molar-refractivity contribution < 1.29 is 0 Å². The van der Waals surface area contributed by atoms with Gasteiger partial charge in [-0.3, -0.25) is 4.99 Å². The van der Waals surface area contributed by atoms with E-state index in [0.717, 1.165) is 11.4 Å². The first kappa shape index (κ1) is 10.6. The normalized spacial score (nSPS) is 12.1. The summed E-state index contributed by atoms with van der Waals surface area (Å²) in [6.07, 6.45) is 0. The number of aryl methyl sites for hydroxylation is 1. The molecule has 1 aromatic rings. The Hall–Kier alpha value is -1.45. The molecule has 0 atom stereocenters. The van der Waals surface area contributed by atoms with E-state index in [4.69, 9.17) is 5.73 Å². The quantitative estimate of drug-likeness (QED) is 0.580. The molecule has 0 fully saturated rings. The second kappa shape index (κ2) is 4.69. The lowest BCUT2D eigenvalue weighted by atomic mass is 10.2.